The highest BCUT2D eigenvalue weighted by molar-refractivity contribution is 6.31. The van der Waals surface area contributed by atoms with E-state index in [4.69, 9.17) is 20.8 Å². The van der Waals surface area contributed by atoms with E-state index < -0.39 is 23.5 Å². The van der Waals surface area contributed by atoms with Crippen molar-refractivity contribution < 1.29 is 29.0 Å². The lowest BCUT2D eigenvalue weighted by atomic mass is 9.93. The van der Waals surface area contributed by atoms with Gasteiger partial charge in [0.2, 0.25) is 5.78 Å². The quantitative estimate of drug-likeness (QED) is 0.492. The molecule has 5 rings (SSSR count). The van der Waals surface area contributed by atoms with Crippen LogP contribution in [0.15, 0.2) is 58.2 Å². The van der Waals surface area contributed by atoms with Crippen molar-refractivity contribution in [2.24, 2.45) is 0 Å². The number of carbonyl (C=O) groups is 2. The molecule has 0 bridgehead atoms. The van der Waals surface area contributed by atoms with Crippen LogP contribution in [0.2, 0.25) is 5.02 Å². The molecule has 8 heteroatoms. The number of furan rings is 1. The van der Waals surface area contributed by atoms with E-state index in [0.29, 0.717) is 21.6 Å². The number of aromatic hydroxyl groups is 1. The van der Waals surface area contributed by atoms with E-state index in [1.807, 2.05) is 0 Å². The first kappa shape index (κ1) is 21.4. The molecule has 1 aliphatic heterocycles. The van der Waals surface area contributed by atoms with Gasteiger partial charge in [0.1, 0.15) is 5.58 Å². The van der Waals surface area contributed by atoms with E-state index in [-0.39, 0.29) is 28.9 Å². The van der Waals surface area contributed by atoms with E-state index >= 15 is 0 Å². The molecule has 2 N–H and O–H groups in total. The van der Waals surface area contributed by atoms with Crippen LogP contribution in [0.25, 0.3) is 11.0 Å². The predicted molar refractivity (Wildman–Crippen MR) is 122 cm³/mol. The summed E-state index contributed by atoms with van der Waals surface area (Å²) in [5.41, 5.74) is 0.903. The van der Waals surface area contributed by atoms with Crippen LogP contribution in [-0.4, -0.2) is 40.0 Å². The lowest BCUT2D eigenvalue weighted by Gasteiger charge is -2.32. The fraction of sp³-hybridized carbons (Fsp3) is 0.280. The van der Waals surface area contributed by atoms with Gasteiger partial charge in [-0.1, -0.05) is 30.5 Å². The minimum absolute atomic E-state index is 0.00220. The van der Waals surface area contributed by atoms with Gasteiger partial charge in [0, 0.05) is 16.5 Å². The number of aliphatic hydroxyl groups excluding tert-OH is 1. The van der Waals surface area contributed by atoms with Crippen molar-refractivity contribution in [1.82, 2.24) is 4.90 Å². The molecule has 2 aliphatic rings. The molecular weight excluding hydrogens is 446 g/mol. The Hall–Kier alpha value is -3.45. The number of halogens is 1. The molecule has 0 spiro atoms. The summed E-state index contributed by atoms with van der Waals surface area (Å²) in [5, 5.41) is 22.4. The molecule has 7 nitrogen and oxygen atoms in total. The van der Waals surface area contributed by atoms with Crippen LogP contribution < -0.4 is 4.74 Å². The number of aliphatic hydroxyl groups is 1. The van der Waals surface area contributed by atoms with Gasteiger partial charge in [-0.2, -0.15) is 0 Å². The number of hydrogen-bond donors (Lipinski definition) is 2. The molecule has 1 unspecified atom stereocenters. The Bertz CT molecular complexity index is 1300. The Labute approximate surface area is 194 Å². The van der Waals surface area contributed by atoms with Crippen LogP contribution in [0.5, 0.6) is 11.5 Å². The molecule has 1 aromatic heterocycles. The molecule has 33 heavy (non-hydrogen) atoms. The van der Waals surface area contributed by atoms with Gasteiger partial charge in [-0.05, 0) is 54.8 Å². The lowest BCUT2D eigenvalue weighted by Crippen LogP contribution is -2.38. The zero-order valence-electron chi connectivity index (χ0n) is 17.9. The highest BCUT2D eigenvalue weighted by Gasteiger charge is 2.47. The molecule has 3 aromatic rings. The van der Waals surface area contributed by atoms with Gasteiger partial charge in [0.25, 0.3) is 5.91 Å². The van der Waals surface area contributed by atoms with E-state index in [1.165, 1.54) is 13.2 Å². The van der Waals surface area contributed by atoms with Gasteiger partial charge in [0.05, 0.1) is 18.7 Å². The Morgan fingerprint density at radius 2 is 1.88 bits per heavy atom. The van der Waals surface area contributed by atoms with Gasteiger partial charge < -0.3 is 24.3 Å². The number of fused-ring (bicyclic) bond motifs is 1. The van der Waals surface area contributed by atoms with Gasteiger partial charge in [-0.25, -0.2) is 0 Å². The van der Waals surface area contributed by atoms with E-state index in [2.05, 4.69) is 0 Å². The van der Waals surface area contributed by atoms with Crippen LogP contribution in [0.1, 0.15) is 47.8 Å². The summed E-state index contributed by atoms with van der Waals surface area (Å²) < 4.78 is 10.9. The van der Waals surface area contributed by atoms with Crippen LogP contribution in [-0.2, 0) is 4.79 Å². The molecule has 2 aromatic carbocycles. The fourth-order valence-electron chi connectivity index (χ4n) is 4.88. The number of ether oxygens (including phenoxy) is 1. The molecule has 1 fully saturated rings. The summed E-state index contributed by atoms with van der Waals surface area (Å²) in [6.45, 7) is 0. The third kappa shape index (κ3) is 3.53. The van der Waals surface area contributed by atoms with Crippen molar-refractivity contribution in [2.45, 2.75) is 37.8 Å². The first-order valence-corrected chi connectivity index (χ1v) is 11.1. The van der Waals surface area contributed by atoms with E-state index in [9.17, 15) is 19.8 Å². The lowest BCUT2D eigenvalue weighted by molar-refractivity contribution is -0.131. The number of rotatable bonds is 5. The third-order valence-corrected chi connectivity index (χ3v) is 6.66. The molecular formula is C25H22ClNO6. The number of ketones is 1. The molecule has 1 atom stereocenters. The molecule has 1 amide bonds. The number of hydrogen-bond acceptors (Lipinski definition) is 6. The normalized spacial score (nSPS) is 19.2. The fourth-order valence-corrected chi connectivity index (χ4v) is 5.06. The standard InChI is InChI=1S/C25H22ClNO6/c1-32-19-8-6-13(11-17(19)28)22-21(24(30)25(31)27(22)16-4-2-3-5-16)23(29)20-12-14-10-15(26)7-9-18(14)33-20/h6-12,16,22,28,30H,2-5H2,1H3. The minimum Gasteiger partial charge on any atom is -0.504 e. The first-order valence-electron chi connectivity index (χ1n) is 10.8. The summed E-state index contributed by atoms with van der Waals surface area (Å²) in [6.07, 6.45) is 3.48. The van der Waals surface area contributed by atoms with Crippen LogP contribution in [0.4, 0.5) is 0 Å². The average Bonchev–Trinajstić information content (AvgIpc) is 3.52. The number of nitrogens with zero attached hydrogens (tertiary/aromatic N) is 1. The predicted octanol–water partition coefficient (Wildman–Crippen LogP) is 5.32. The molecule has 1 saturated carbocycles. The van der Waals surface area contributed by atoms with Crippen molar-refractivity contribution >= 4 is 34.3 Å². The molecule has 170 valence electrons. The Balaban J connectivity index is 1.62. The number of benzene rings is 2. The number of phenolic OH excluding ortho intramolecular Hbond substituents is 1. The summed E-state index contributed by atoms with van der Waals surface area (Å²) in [5.74, 6) is -1.63. The van der Waals surface area contributed by atoms with Crippen molar-refractivity contribution in [2.75, 3.05) is 7.11 Å². The second kappa shape index (κ2) is 8.15. The largest absolute Gasteiger partial charge is 0.504 e. The van der Waals surface area contributed by atoms with Crippen molar-refractivity contribution in [1.29, 1.82) is 0 Å². The SMILES string of the molecule is COc1ccc(C2C(C(=O)c3cc4cc(Cl)ccc4o3)=C(O)C(=O)N2C2CCCC2)cc1O. The molecule has 2 heterocycles. The smallest absolute Gasteiger partial charge is 0.290 e. The first-order chi connectivity index (χ1) is 15.9. The number of carbonyl (C=O) groups excluding carboxylic acids is 2. The topological polar surface area (TPSA) is 100 Å². The summed E-state index contributed by atoms with van der Waals surface area (Å²) in [4.78, 5) is 28.3. The maximum Gasteiger partial charge on any atom is 0.290 e. The summed E-state index contributed by atoms with van der Waals surface area (Å²) >= 11 is 6.05. The van der Waals surface area contributed by atoms with Gasteiger partial charge in [0.15, 0.2) is 23.0 Å². The summed E-state index contributed by atoms with van der Waals surface area (Å²) in [6, 6.07) is 10.3. The highest BCUT2D eigenvalue weighted by Crippen LogP contribution is 2.45. The average molecular weight is 468 g/mol. The van der Waals surface area contributed by atoms with Crippen molar-refractivity contribution in [3.8, 4) is 11.5 Å². The number of Topliss-reactive ketones (excluding diaryl/α,β-unsaturated/α-hetero) is 1. The number of phenols is 1. The maximum absolute atomic E-state index is 13.6. The van der Waals surface area contributed by atoms with Crippen LogP contribution in [0, 0.1) is 0 Å². The van der Waals surface area contributed by atoms with Crippen molar-refractivity contribution in [3.05, 3.63) is 70.1 Å². The Morgan fingerprint density at radius 1 is 1.12 bits per heavy atom. The minimum atomic E-state index is -0.860. The number of methoxy groups -OCH3 is 1. The van der Waals surface area contributed by atoms with Gasteiger partial charge in [-0.3, -0.25) is 9.59 Å². The maximum atomic E-state index is 13.6. The van der Waals surface area contributed by atoms with Gasteiger partial charge in [-0.15, -0.1) is 0 Å². The van der Waals surface area contributed by atoms with E-state index in [1.54, 1.807) is 41.3 Å². The van der Waals surface area contributed by atoms with Crippen LogP contribution in [0.3, 0.4) is 0 Å². The third-order valence-electron chi connectivity index (χ3n) is 6.43. The highest BCUT2D eigenvalue weighted by atomic mass is 35.5. The van der Waals surface area contributed by atoms with Gasteiger partial charge >= 0.3 is 0 Å². The second-order valence-corrected chi connectivity index (χ2v) is 8.81. The Morgan fingerprint density at radius 3 is 2.58 bits per heavy atom. The van der Waals surface area contributed by atoms with E-state index in [0.717, 1.165) is 25.7 Å². The molecule has 0 radical (unpaired) electrons. The van der Waals surface area contributed by atoms with Crippen LogP contribution >= 0.6 is 11.6 Å². The molecule has 1 aliphatic carbocycles. The second-order valence-electron chi connectivity index (χ2n) is 8.37. The zero-order chi connectivity index (χ0) is 23.3. The monoisotopic (exact) mass is 467 g/mol. The number of amides is 1. The molecule has 0 saturated heterocycles. The Kier molecular flexibility index (Phi) is 5.29. The summed E-state index contributed by atoms with van der Waals surface area (Å²) in [7, 11) is 1.44. The zero-order valence-corrected chi connectivity index (χ0v) is 18.6. The van der Waals surface area contributed by atoms with Crippen molar-refractivity contribution in [3.63, 3.8) is 0 Å².